The molecule has 2 amide bonds. The number of carbonyl (C=O) groups is 2. The van der Waals surface area contributed by atoms with Gasteiger partial charge in [0.25, 0.3) is 0 Å². The predicted molar refractivity (Wildman–Crippen MR) is 33.5 cm³/mol. The molecule has 10 heavy (non-hydrogen) atoms. The van der Waals surface area contributed by atoms with Gasteiger partial charge in [-0.2, -0.15) is 0 Å². The molecule has 0 bridgehead atoms. The summed E-state index contributed by atoms with van der Waals surface area (Å²) in [7, 11) is 0. The molecule has 1 aliphatic rings. The van der Waals surface area contributed by atoms with Crippen molar-refractivity contribution >= 4 is 28.4 Å². The summed E-state index contributed by atoms with van der Waals surface area (Å²) >= 11 is 2.45. The number of ether oxygens (including phenoxy) is 1. The Morgan fingerprint density at radius 3 is 2.90 bits per heavy atom. The third-order valence-corrected chi connectivity index (χ3v) is 1.32. The monoisotopic (exact) mass is 209 g/mol. The molecule has 6 heteroatoms. The summed E-state index contributed by atoms with van der Waals surface area (Å²) in [5.74, 6) is 0. The van der Waals surface area contributed by atoms with Crippen molar-refractivity contribution in [3.63, 3.8) is 0 Å². The molecule has 0 aromatic heterocycles. The van der Waals surface area contributed by atoms with E-state index >= 15 is 0 Å². The molecule has 0 radical (unpaired) electrons. The van der Waals surface area contributed by atoms with Gasteiger partial charge < -0.3 is 8.57 Å². The molecule has 0 aliphatic carbocycles. The molecule has 1 saturated heterocycles. The first kappa shape index (κ1) is 7.33. The lowest BCUT2D eigenvalue weighted by Gasteiger charge is -2.04. The van der Waals surface area contributed by atoms with Crippen LogP contribution in [0.2, 0.25) is 0 Å². The van der Waals surface area contributed by atoms with Crippen LogP contribution in [0.1, 0.15) is 0 Å². The van der Waals surface area contributed by atoms with E-state index in [4.69, 9.17) is 0 Å². The number of hydrogen-bond acceptors (Lipinski definition) is 4. The maximum atomic E-state index is 10.6. The lowest BCUT2D eigenvalue weighted by atomic mass is 10.7. The lowest BCUT2D eigenvalue weighted by Crippen LogP contribution is -2.30. The molecule has 0 unspecified atom stereocenters. The largest absolute Gasteiger partial charge is 0.447 e. The number of halogens is 1. The first-order chi connectivity index (χ1) is 4.75. The Hall–Kier alpha value is -0.780. The fourth-order valence-corrected chi connectivity index (χ4v) is 0.776. The number of hydrogen-bond donors (Lipinski definition) is 0. The lowest BCUT2D eigenvalue weighted by molar-refractivity contribution is 0.148. The molecule has 0 aromatic carbocycles. The second-order valence-corrected chi connectivity index (χ2v) is 1.93. The maximum Gasteiger partial charge on any atom is 0.431 e. The van der Waals surface area contributed by atoms with Gasteiger partial charge in [0.05, 0.1) is 6.54 Å². The quantitative estimate of drug-likeness (QED) is 0.595. The van der Waals surface area contributed by atoms with Crippen LogP contribution in [-0.4, -0.2) is 30.2 Å². The van der Waals surface area contributed by atoms with E-state index < -0.39 is 12.2 Å². The van der Waals surface area contributed by atoms with Crippen molar-refractivity contribution in [1.29, 1.82) is 0 Å². The van der Waals surface area contributed by atoms with Gasteiger partial charge in [-0.3, -0.25) is 0 Å². The average Bonchev–Trinajstić information content (AvgIpc) is 2.34. The topological polar surface area (TPSA) is 55.8 Å². The van der Waals surface area contributed by atoms with Crippen LogP contribution in [0.25, 0.3) is 0 Å². The van der Waals surface area contributed by atoms with E-state index in [-0.39, 0.29) is 13.2 Å². The summed E-state index contributed by atoms with van der Waals surface area (Å²) in [5, 5.41) is 0. The van der Waals surface area contributed by atoms with Crippen molar-refractivity contribution < 1.29 is 18.2 Å². The predicted octanol–water partition coefficient (Wildman–Crippen LogP) is 0.885. The number of amides is 2. The zero-order valence-electron chi connectivity index (χ0n) is 4.87. The number of rotatable bonds is 0. The zero-order chi connectivity index (χ0) is 7.56. The van der Waals surface area contributed by atoms with Crippen LogP contribution in [0.15, 0.2) is 0 Å². The number of imide groups is 1. The van der Waals surface area contributed by atoms with Crippen molar-refractivity contribution in [1.82, 2.24) is 4.90 Å². The third kappa shape index (κ3) is 1.21. The van der Waals surface area contributed by atoms with Gasteiger partial charge in [-0.05, 0) is 0 Å². The van der Waals surface area contributed by atoms with Gasteiger partial charge in [-0.1, -0.05) is 0 Å². The fourth-order valence-electron chi connectivity index (χ4n) is 0.601. The SMILES string of the molecule is O=C(OBr)N1CCOC1=O. The van der Waals surface area contributed by atoms with E-state index in [2.05, 4.69) is 24.8 Å². The van der Waals surface area contributed by atoms with Gasteiger partial charge in [-0.15, -0.1) is 0 Å². The Bertz CT molecular complexity index is 171. The van der Waals surface area contributed by atoms with Crippen LogP contribution >= 0.6 is 16.3 Å². The van der Waals surface area contributed by atoms with E-state index in [1.54, 1.807) is 0 Å². The van der Waals surface area contributed by atoms with Crippen LogP contribution in [-0.2, 0) is 8.57 Å². The van der Waals surface area contributed by atoms with Crippen molar-refractivity contribution in [2.45, 2.75) is 0 Å². The van der Waals surface area contributed by atoms with Crippen LogP contribution in [0.5, 0.6) is 0 Å². The first-order valence-electron chi connectivity index (χ1n) is 2.52. The molecular weight excluding hydrogens is 206 g/mol. The highest BCUT2D eigenvalue weighted by molar-refractivity contribution is 9.06. The Morgan fingerprint density at radius 2 is 2.50 bits per heavy atom. The normalized spacial score (nSPS) is 16.9. The molecule has 0 spiro atoms. The van der Waals surface area contributed by atoms with Crippen LogP contribution in [0.3, 0.4) is 0 Å². The Labute approximate surface area is 65.3 Å². The minimum atomic E-state index is -0.748. The van der Waals surface area contributed by atoms with E-state index in [9.17, 15) is 9.59 Å². The highest BCUT2D eigenvalue weighted by Gasteiger charge is 2.29. The van der Waals surface area contributed by atoms with Gasteiger partial charge in [-0.25, -0.2) is 14.5 Å². The minimum Gasteiger partial charge on any atom is -0.447 e. The Balaban J connectivity index is 2.55. The highest BCUT2D eigenvalue weighted by Crippen LogP contribution is 2.06. The summed E-state index contributed by atoms with van der Waals surface area (Å²) in [6.45, 7) is 0.490. The minimum absolute atomic E-state index is 0.237. The summed E-state index contributed by atoms with van der Waals surface area (Å²) in [6, 6.07) is 0. The van der Waals surface area contributed by atoms with Crippen molar-refractivity contribution in [2.24, 2.45) is 0 Å². The molecule has 0 saturated carbocycles. The van der Waals surface area contributed by atoms with Gasteiger partial charge >= 0.3 is 12.2 Å². The van der Waals surface area contributed by atoms with E-state index in [0.29, 0.717) is 0 Å². The van der Waals surface area contributed by atoms with Crippen LogP contribution in [0, 0.1) is 0 Å². The molecule has 5 nitrogen and oxygen atoms in total. The molecule has 0 aromatic rings. The first-order valence-corrected chi connectivity index (χ1v) is 3.17. The van der Waals surface area contributed by atoms with Gasteiger partial charge in [0, 0.05) is 0 Å². The average molecular weight is 210 g/mol. The van der Waals surface area contributed by atoms with Crippen LogP contribution < -0.4 is 0 Å². The van der Waals surface area contributed by atoms with E-state index in [1.165, 1.54) is 0 Å². The number of carbonyl (C=O) groups excluding carboxylic acids is 2. The second kappa shape index (κ2) is 2.87. The van der Waals surface area contributed by atoms with Gasteiger partial charge in [0.15, 0.2) is 16.3 Å². The molecular formula is C4H4BrNO4. The van der Waals surface area contributed by atoms with Crippen molar-refractivity contribution in [2.75, 3.05) is 13.2 Å². The summed E-state index contributed by atoms with van der Waals surface area (Å²) < 4.78 is 8.56. The van der Waals surface area contributed by atoms with Crippen LogP contribution in [0.4, 0.5) is 9.59 Å². The molecule has 1 rings (SSSR count). The smallest absolute Gasteiger partial charge is 0.431 e. The van der Waals surface area contributed by atoms with E-state index in [0.717, 1.165) is 4.90 Å². The Kier molecular flexibility index (Phi) is 2.10. The van der Waals surface area contributed by atoms with Gasteiger partial charge in [0.2, 0.25) is 0 Å². The van der Waals surface area contributed by atoms with Gasteiger partial charge in [0.1, 0.15) is 6.61 Å². The third-order valence-electron chi connectivity index (χ3n) is 1.05. The summed E-state index contributed by atoms with van der Waals surface area (Å²) in [4.78, 5) is 22.0. The fraction of sp³-hybridized carbons (Fsp3) is 0.500. The molecule has 1 heterocycles. The summed E-state index contributed by atoms with van der Waals surface area (Å²) in [5.41, 5.74) is 0. The molecule has 1 fully saturated rings. The summed E-state index contributed by atoms with van der Waals surface area (Å²) in [6.07, 6.45) is -1.41. The maximum absolute atomic E-state index is 10.6. The molecule has 0 N–H and O–H groups in total. The molecule has 0 atom stereocenters. The van der Waals surface area contributed by atoms with E-state index in [1.807, 2.05) is 0 Å². The second-order valence-electron chi connectivity index (χ2n) is 1.61. The van der Waals surface area contributed by atoms with Crippen molar-refractivity contribution in [3.8, 4) is 0 Å². The number of nitrogens with zero attached hydrogens (tertiary/aromatic N) is 1. The molecule has 56 valence electrons. The zero-order valence-corrected chi connectivity index (χ0v) is 6.46. The number of cyclic esters (lactones) is 1. The highest BCUT2D eigenvalue weighted by atomic mass is 79.9. The standard InChI is InChI=1S/C4H4BrNO4/c5-10-4(8)6-1-2-9-3(6)7/h1-2H2. The van der Waals surface area contributed by atoms with Crippen molar-refractivity contribution in [3.05, 3.63) is 0 Å². The Morgan fingerprint density at radius 1 is 1.80 bits per heavy atom. The molecule has 1 aliphatic heterocycles.